The maximum atomic E-state index is 12.0. The molecule has 2 rings (SSSR count). The number of carbonyl (C=O) groups is 1. The molecule has 1 saturated heterocycles. The van der Waals surface area contributed by atoms with Gasteiger partial charge in [-0.1, -0.05) is 40.9 Å². The summed E-state index contributed by atoms with van der Waals surface area (Å²) in [6.45, 7) is 1.81. The number of halogens is 1. The van der Waals surface area contributed by atoms with E-state index >= 15 is 0 Å². The summed E-state index contributed by atoms with van der Waals surface area (Å²) in [5, 5.41) is 0. The van der Waals surface area contributed by atoms with Crippen LogP contribution >= 0.6 is 15.9 Å². The van der Waals surface area contributed by atoms with Crippen LogP contribution in [0.5, 0.6) is 0 Å². The number of hydrogen-bond donors (Lipinski definition) is 0. The molecule has 3 heteroatoms. The molecule has 1 aromatic carbocycles. The van der Waals surface area contributed by atoms with Gasteiger partial charge in [-0.05, 0) is 36.6 Å². The molecule has 0 unspecified atom stereocenters. The summed E-state index contributed by atoms with van der Waals surface area (Å²) < 4.78 is 1.05. The Morgan fingerprint density at radius 2 is 1.67 bits per heavy atom. The Hall–Kier alpha value is -1.09. The lowest BCUT2D eigenvalue weighted by atomic mass is 10.2. The Labute approximate surface area is 117 Å². The highest BCUT2D eigenvalue weighted by atomic mass is 79.9. The Balaban J connectivity index is 1.95. The molecule has 1 amide bonds. The van der Waals surface area contributed by atoms with Gasteiger partial charge < -0.3 is 4.90 Å². The summed E-state index contributed by atoms with van der Waals surface area (Å²) in [7, 11) is 0. The van der Waals surface area contributed by atoms with Crippen LogP contribution in [0.25, 0.3) is 6.08 Å². The van der Waals surface area contributed by atoms with Gasteiger partial charge in [-0.15, -0.1) is 0 Å². The molecule has 0 aliphatic carbocycles. The molecule has 0 saturated carbocycles. The first-order chi connectivity index (χ1) is 8.75. The number of nitrogens with zero attached hydrogens (tertiary/aromatic N) is 1. The second kappa shape index (κ2) is 6.74. The first-order valence-corrected chi connectivity index (χ1v) is 7.27. The molecule has 0 N–H and O–H groups in total. The SMILES string of the molecule is O=C(C=Cc1ccc(Br)cc1)N1CCCCCC1. The van der Waals surface area contributed by atoms with Crippen molar-refractivity contribution in [2.45, 2.75) is 25.7 Å². The van der Waals surface area contributed by atoms with Gasteiger partial charge in [0.05, 0.1) is 0 Å². The predicted octanol–water partition coefficient (Wildman–Crippen LogP) is 3.86. The van der Waals surface area contributed by atoms with Crippen molar-refractivity contribution in [3.8, 4) is 0 Å². The lowest BCUT2D eigenvalue weighted by molar-refractivity contribution is -0.125. The van der Waals surface area contributed by atoms with Crippen molar-refractivity contribution in [1.82, 2.24) is 4.90 Å². The van der Waals surface area contributed by atoms with Gasteiger partial charge in [0, 0.05) is 23.6 Å². The third-order valence-corrected chi connectivity index (χ3v) is 3.73. The smallest absolute Gasteiger partial charge is 0.246 e. The number of amides is 1. The first-order valence-electron chi connectivity index (χ1n) is 6.48. The number of carbonyl (C=O) groups excluding carboxylic acids is 1. The van der Waals surface area contributed by atoms with Gasteiger partial charge in [-0.2, -0.15) is 0 Å². The van der Waals surface area contributed by atoms with Gasteiger partial charge in [-0.25, -0.2) is 0 Å². The van der Waals surface area contributed by atoms with E-state index in [2.05, 4.69) is 15.9 Å². The fourth-order valence-corrected chi connectivity index (χ4v) is 2.40. The molecule has 0 spiro atoms. The Bertz CT molecular complexity index is 417. The van der Waals surface area contributed by atoms with E-state index in [1.165, 1.54) is 12.8 Å². The van der Waals surface area contributed by atoms with E-state index in [4.69, 9.17) is 0 Å². The summed E-state index contributed by atoms with van der Waals surface area (Å²) in [5.74, 6) is 0.139. The topological polar surface area (TPSA) is 20.3 Å². The number of likely N-dealkylation sites (tertiary alicyclic amines) is 1. The second-order valence-corrected chi connectivity index (χ2v) is 5.54. The number of hydrogen-bond acceptors (Lipinski definition) is 1. The molecule has 0 bridgehead atoms. The Morgan fingerprint density at radius 1 is 1.06 bits per heavy atom. The minimum Gasteiger partial charge on any atom is -0.339 e. The lowest BCUT2D eigenvalue weighted by Gasteiger charge is -2.17. The highest BCUT2D eigenvalue weighted by molar-refractivity contribution is 9.10. The molecule has 0 aromatic heterocycles. The standard InChI is InChI=1S/C15H18BrNO/c16-14-8-5-13(6-9-14)7-10-15(18)17-11-3-1-2-4-12-17/h5-10H,1-4,11-12H2. The predicted molar refractivity (Wildman–Crippen MR) is 78.2 cm³/mol. The molecule has 1 aromatic rings. The quantitative estimate of drug-likeness (QED) is 0.760. The Morgan fingerprint density at radius 3 is 2.28 bits per heavy atom. The maximum Gasteiger partial charge on any atom is 0.246 e. The average molecular weight is 308 g/mol. The van der Waals surface area contributed by atoms with E-state index in [-0.39, 0.29) is 5.91 Å². The van der Waals surface area contributed by atoms with Gasteiger partial charge in [-0.3, -0.25) is 4.79 Å². The summed E-state index contributed by atoms with van der Waals surface area (Å²) in [5.41, 5.74) is 1.06. The van der Waals surface area contributed by atoms with Gasteiger partial charge in [0.15, 0.2) is 0 Å². The molecule has 1 aliphatic heterocycles. The van der Waals surface area contributed by atoms with Crippen molar-refractivity contribution < 1.29 is 4.79 Å². The monoisotopic (exact) mass is 307 g/mol. The molecule has 0 atom stereocenters. The van der Waals surface area contributed by atoms with Crippen molar-refractivity contribution in [3.05, 3.63) is 40.4 Å². The minimum absolute atomic E-state index is 0.139. The zero-order valence-electron chi connectivity index (χ0n) is 10.4. The van der Waals surface area contributed by atoms with E-state index in [0.29, 0.717) is 0 Å². The van der Waals surface area contributed by atoms with E-state index in [1.807, 2.05) is 35.2 Å². The van der Waals surface area contributed by atoms with E-state index in [0.717, 1.165) is 36.0 Å². The van der Waals surface area contributed by atoms with Crippen LogP contribution < -0.4 is 0 Å². The number of benzene rings is 1. The molecule has 18 heavy (non-hydrogen) atoms. The fraction of sp³-hybridized carbons (Fsp3) is 0.400. The average Bonchev–Trinajstić information content (AvgIpc) is 2.66. The normalized spacial score (nSPS) is 16.8. The largest absolute Gasteiger partial charge is 0.339 e. The highest BCUT2D eigenvalue weighted by Crippen LogP contribution is 2.13. The van der Waals surface area contributed by atoms with Crippen LogP contribution in [-0.4, -0.2) is 23.9 Å². The van der Waals surface area contributed by atoms with Gasteiger partial charge >= 0.3 is 0 Å². The van der Waals surface area contributed by atoms with Crippen molar-refractivity contribution in [2.24, 2.45) is 0 Å². The van der Waals surface area contributed by atoms with E-state index in [1.54, 1.807) is 6.08 Å². The zero-order chi connectivity index (χ0) is 12.8. The minimum atomic E-state index is 0.139. The fourth-order valence-electron chi connectivity index (χ4n) is 2.14. The van der Waals surface area contributed by atoms with E-state index in [9.17, 15) is 4.79 Å². The summed E-state index contributed by atoms with van der Waals surface area (Å²) in [6.07, 6.45) is 8.35. The second-order valence-electron chi connectivity index (χ2n) is 4.62. The molecule has 1 aliphatic rings. The van der Waals surface area contributed by atoms with Gasteiger partial charge in [0.25, 0.3) is 0 Å². The van der Waals surface area contributed by atoms with Crippen LogP contribution in [-0.2, 0) is 4.79 Å². The molecule has 96 valence electrons. The van der Waals surface area contributed by atoms with E-state index < -0.39 is 0 Å². The molecule has 2 nitrogen and oxygen atoms in total. The Kier molecular flexibility index (Phi) is 5.00. The van der Waals surface area contributed by atoms with Crippen LogP contribution in [0.2, 0.25) is 0 Å². The van der Waals surface area contributed by atoms with Gasteiger partial charge in [0.1, 0.15) is 0 Å². The van der Waals surface area contributed by atoms with Gasteiger partial charge in [0.2, 0.25) is 5.91 Å². The van der Waals surface area contributed by atoms with Crippen molar-refractivity contribution in [2.75, 3.05) is 13.1 Å². The van der Waals surface area contributed by atoms with Crippen LogP contribution in [0.4, 0.5) is 0 Å². The first kappa shape index (κ1) is 13.3. The van der Waals surface area contributed by atoms with Crippen LogP contribution in [0.15, 0.2) is 34.8 Å². The molecule has 1 heterocycles. The summed E-state index contributed by atoms with van der Waals surface area (Å²) in [6, 6.07) is 7.96. The van der Waals surface area contributed by atoms with Crippen LogP contribution in [0, 0.1) is 0 Å². The van der Waals surface area contributed by atoms with Crippen molar-refractivity contribution in [1.29, 1.82) is 0 Å². The third kappa shape index (κ3) is 3.98. The van der Waals surface area contributed by atoms with Crippen LogP contribution in [0.3, 0.4) is 0 Å². The highest BCUT2D eigenvalue weighted by Gasteiger charge is 2.12. The third-order valence-electron chi connectivity index (χ3n) is 3.21. The van der Waals surface area contributed by atoms with Crippen molar-refractivity contribution in [3.63, 3.8) is 0 Å². The molecule has 1 fully saturated rings. The maximum absolute atomic E-state index is 12.0. The molecule has 0 radical (unpaired) electrons. The van der Waals surface area contributed by atoms with Crippen LogP contribution in [0.1, 0.15) is 31.2 Å². The number of rotatable bonds is 2. The summed E-state index contributed by atoms with van der Waals surface area (Å²) in [4.78, 5) is 14.0. The lowest BCUT2D eigenvalue weighted by Crippen LogP contribution is -2.30. The zero-order valence-corrected chi connectivity index (χ0v) is 12.0. The van der Waals surface area contributed by atoms with Crippen molar-refractivity contribution >= 4 is 27.9 Å². The molecular formula is C15H18BrNO. The molecular weight excluding hydrogens is 290 g/mol. The summed E-state index contributed by atoms with van der Waals surface area (Å²) >= 11 is 3.40.